The highest BCUT2D eigenvalue weighted by Crippen LogP contribution is 2.41. The minimum absolute atomic E-state index is 0.0170. The third-order valence-corrected chi connectivity index (χ3v) is 7.05. The number of hydrogen-bond acceptors (Lipinski definition) is 7. The molecule has 0 bridgehead atoms. The van der Waals surface area contributed by atoms with Crippen molar-refractivity contribution in [3.63, 3.8) is 0 Å². The molecule has 3 N–H and O–H groups in total. The molecule has 4 aromatic rings. The zero-order valence-corrected chi connectivity index (χ0v) is 21.3. The summed E-state index contributed by atoms with van der Waals surface area (Å²) in [7, 11) is -3.08. The summed E-state index contributed by atoms with van der Waals surface area (Å²) in [6, 6.07) is 18.0. The zero-order chi connectivity index (χ0) is 26.7. The molecule has 0 aliphatic carbocycles. The van der Waals surface area contributed by atoms with Crippen molar-refractivity contribution < 1.29 is 27.6 Å². The maximum absolute atomic E-state index is 13.1. The van der Waals surface area contributed by atoms with Gasteiger partial charge in [-0.1, -0.05) is 42.8 Å². The second-order valence-electron chi connectivity index (χ2n) is 7.93. The Bertz CT molecular complexity index is 1640. The summed E-state index contributed by atoms with van der Waals surface area (Å²) in [5.41, 5.74) is 0.775. The summed E-state index contributed by atoms with van der Waals surface area (Å²) in [6.45, 7) is 1.68. The van der Waals surface area contributed by atoms with E-state index in [4.69, 9.17) is 16.3 Å². The van der Waals surface area contributed by atoms with E-state index in [1.165, 1.54) is 19.2 Å². The quantitative estimate of drug-likeness (QED) is 0.177. The van der Waals surface area contributed by atoms with Crippen molar-refractivity contribution in [1.29, 1.82) is 0 Å². The number of halogens is 1. The van der Waals surface area contributed by atoms with Crippen LogP contribution in [0.1, 0.15) is 22.8 Å². The van der Waals surface area contributed by atoms with Crippen molar-refractivity contribution in [1.82, 2.24) is 0 Å². The molecule has 37 heavy (non-hydrogen) atoms. The number of aromatic hydroxyl groups is 1. The predicted octanol–water partition coefficient (Wildman–Crippen LogP) is 6.68. The predicted molar refractivity (Wildman–Crippen MR) is 141 cm³/mol. The summed E-state index contributed by atoms with van der Waals surface area (Å²) in [4.78, 5) is 12.6. The molecule has 0 heterocycles. The molecule has 0 fully saturated rings. The normalized spacial score (nSPS) is 11.7. The Balaban J connectivity index is 1.80. The number of methoxy groups -OCH3 is 1. The van der Waals surface area contributed by atoms with Crippen LogP contribution in [0.15, 0.2) is 81.9 Å². The first-order valence-electron chi connectivity index (χ1n) is 11.0. The lowest BCUT2D eigenvalue weighted by molar-refractivity contribution is 0.102. The molecule has 4 aromatic carbocycles. The molecule has 0 spiro atoms. The molecular formula is C26H22ClN3O6S. The fourth-order valence-electron chi connectivity index (χ4n) is 3.87. The number of benzene rings is 4. The lowest BCUT2D eigenvalue weighted by Gasteiger charge is -2.12. The minimum atomic E-state index is -4.62. The third-order valence-electron chi connectivity index (χ3n) is 5.64. The Morgan fingerprint density at radius 2 is 1.76 bits per heavy atom. The largest absolute Gasteiger partial charge is 0.505 e. The van der Waals surface area contributed by atoms with Crippen molar-refractivity contribution in [2.45, 2.75) is 18.2 Å². The number of hydrogen-bond donors (Lipinski definition) is 3. The number of amides is 1. The molecule has 0 atom stereocenters. The average Bonchev–Trinajstić information content (AvgIpc) is 2.87. The van der Waals surface area contributed by atoms with Gasteiger partial charge < -0.3 is 15.2 Å². The number of fused-ring (bicyclic) bond motifs is 1. The Hall–Kier alpha value is -3.99. The van der Waals surface area contributed by atoms with Gasteiger partial charge in [0.1, 0.15) is 16.3 Å². The molecule has 0 unspecified atom stereocenters. The molecule has 11 heteroatoms. The average molecular weight is 540 g/mol. The summed E-state index contributed by atoms with van der Waals surface area (Å²) in [5.74, 6) is -0.352. The Labute approximate surface area is 218 Å². The minimum Gasteiger partial charge on any atom is -0.505 e. The maximum Gasteiger partial charge on any atom is 0.296 e. The molecular weight excluding hydrogens is 518 g/mol. The highest BCUT2D eigenvalue weighted by Gasteiger charge is 2.23. The SMILES string of the molecule is CCc1c(N=Nc2c(O)c(C(=O)Nc3ccc(OC)cc3)cc3ccccc23)ccc(Cl)c1S(=O)(=O)O. The molecule has 0 radical (unpaired) electrons. The number of rotatable bonds is 7. The number of anilines is 1. The number of nitrogens with zero attached hydrogens (tertiary/aromatic N) is 2. The number of carbonyl (C=O) groups excluding carboxylic acids is 1. The molecule has 0 aromatic heterocycles. The van der Waals surface area contributed by atoms with E-state index in [-0.39, 0.29) is 33.9 Å². The van der Waals surface area contributed by atoms with Crippen molar-refractivity contribution in [3.8, 4) is 11.5 Å². The van der Waals surface area contributed by atoms with E-state index >= 15 is 0 Å². The second kappa shape index (κ2) is 10.6. The van der Waals surface area contributed by atoms with Crippen LogP contribution in [0.25, 0.3) is 10.8 Å². The van der Waals surface area contributed by atoms with Gasteiger partial charge in [-0.05, 0) is 54.3 Å². The van der Waals surface area contributed by atoms with Gasteiger partial charge in [-0.3, -0.25) is 9.35 Å². The monoisotopic (exact) mass is 539 g/mol. The number of phenols is 1. The molecule has 0 aliphatic rings. The van der Waals surface area contributed by atoms with Crippen LogP contribution in [0, 0.1) is 0 Å². The first-order valence-corrected chi connectivity index (χ1v) is 12.9. The lowest BCUT2D eigenvalue weighted by atomic mass is 10.0. The van der Waals surface area contributed by atoms with Crippen LogP contribution < -0.4 is 10.1 Å². The second-order valence-corrected chi connectivity index (χ2v) is 9.69. The number of azo groups is 1. The van der Waals surface area contributed by atoms with E-state index in [0.29, 0.717) is 22.2 Å². The Kier molecular flexibility index (Phi) is 7.44. The van der Waals surface area contributed by atoms with E-state index in [1.54, 1.807) is 61.5 Å². The Morgan fingerprint density at radius 1 is 1.05 bits per heavy atom. The number of carbonyl (C=O) groups is 1. The van der Waals surface area contributed by atoms with Crippen molar-refractivity contribution in [3.05, 3.63) is 82.9 Å². The van der Waals surface area contributed by atoms with E-state index < -0.39 is 26.7 Å². The van der Waals surface area contributed by atoms with Gasteiger partial charge in [0.15, 0.2) is 5.75 Å². The number of nitrogens with one attached hydrogen (secondary N) is 1. The van der Waals surface area contributed by atoms with E-state index in [2.05, 4.69) is 15.5 Å². The smallest absolute Gasteiger partial charge is 0.296 e. The third kappa shape index (κ3) is 5.41. The fraction of sp³-hybridized carbons (Fsp3) is 0.115. The van der Waals surface area contributed by atoms with Crippen LogP contribution in [0.2, 0.25) is 5.02 Å². The summed E-state index contributed by atoms with van der Waals surface area (Å²) in [5, 5.41) is 23.1. The van der Waals surface area contributed by atoms with Crippen LogP contribution in [0.4, 0.5) is 17.1 Å². The van der Waals surface area contributed by atoms with E-state index in [1.807, 2.05) is 0 Å². The zero-order valence-electron chi connectivity index (χ0n) is 19.8. The summed E-state index contributed by atoms with van der Waals surface area (Å²) >= 11 is 6.02. The van der Waals surface area contributed by atoms with Crippen LogP contribution in [-0.2, 0) is 16.5 Å². The topological polar surface area (TPSA) is 138 Å². The summed E-state index contributed by atoms with van der Waals surface area (Å²) in [6.07, 6.45) is 0.182. The van der Waals surface area contributed by atoms with Crippen molar-refractivity contribution in [2.24, 2.45) is 10.2 Å². The van der Waals surface area contributed by atoms with Crippen LogP contribution in [-0.4, -0.2) is 31.1 Å². The fourth-order valence-corrected chi connectivity index (χ4v) is 5.22. The first-order chi connectivity index (χ1) is 17.6. The van der Waals surface area contributed by atoms with Gasteiger partial charge in [-0.25, -0.2) is 0 Å². The van der Waals surface area contributed by atoms with Crippen molar-refractivity contribution >= 4 is 55.5 Å². The van der Waals surface area contributed by atoms with Gasteiger partial charge in [0.05, 0.1) is 23.4 Å². The number of phenolic OH excluding ortho intramolecular Hbond substituents is 1. The van der Waals surface area contributed by atoms with E-state index in [9.17, 15) is 22.9 Å². The van der Waals surface area contributed by atoms with Crippen LogP contribution >= 0.6 is 11.6 Å². The molecule has 0 aliphatic heterocycles. The lowest BCUT2D eigenvalue weighted by Crippen LogP contribution is -2.12. The van der Waals surface area contributed by atoms with Crippen LogP contribution in [0.3, 0.4) is 0 Å². The highest BCUT2D eigenvalue weighted by molar-refractivity contribution is 7.86. The molecule has 190 valence electrons. The van der Waals surface area contributed by atoms with Gasteiger partial charge in [0, 0.05) is 16.6 Å². The number of ether oxygens (including phenoxy) is 1. The molecule has 9 nitrogen and oxygen atoms in total. The highest BCUT2D eigenvalue weighted by atomic mass is 35.5. The van der Waals surface area contributed by atoms with Gasteiger partial charge in [0.25, 0.3) is 16.0 Å². The molecule has 0 saturated heterocycles. The van der Waals surface area contributed by atoms with Gasteiger partial charge in [0.2, 0.25) is 0 Å². The standard InChI is InChI=1S/C26H22ClN3O6S/c1-3-18-22(13-12-21(27)25(18)37(33,34)35)29-30-23-19-7-5-4-6-15(19)14-20(24(23)31)26(32)28-16-8-10-17(36-2)11-9-16/h4-14,31H,3H2,1-2H3,(H,28,32)(H,33,34,35). The Morgan fingerprint density at radius 3 is 2.41 bits per heavy atom. The molecule has 1 amide bonds. The summed E-state index contributed by atoms with van der Waals surface area (Å²) < 4.78 is 38.6. The van der Waals surface area contributed by atoms with Crippen LogP contribution in [0.5, 0.6) is 11.5 Å². The van der Waals surface area contributed by atoms with E-state index in [0.717, 1.165) is 0 Å². The molecule has 4 rings (SSSR count). The molecule has 0 saturated carbocycles. The van der Waals surface area contributed by atoms with Gasteiger partial charge in [-0.2, -0.15) is 13.5 Å². The van der Waals surface area contributed by atoms with Gasteiger partial charge in [-0.15, -0.1) is 5.11 Å². The van der Waals surface area contributed by atoms with Gasteiger partial charge >= 0.3 is 0 Å². The van der Waals surface area contributed by atoms with Crippen molar-refractivity contribution in [2.75, 3.05) is 12.4 Å². The maximum atomic E-state index is 13.1. The first kappa shape index (κ1) is 26.1.